The molecule has 0 aliphatic heterocycles. The molecule has 2 heterocycles. The topological polar surface area (TPSA) is 56.7 Å². The van der Waals surface area contributed by atoms with Crippen LogP contribution in [0.15, 0.2) is 18.5 Å². The summed E-state index contributed by atoms with van der Waals surface area (Å²) in [5, 5.41) is 5.15. The molecular weight excluding hydrogens is 164 g/mol. The first kappa shape index (κ1) is 8.19. The first-order chi connectivity index (χ1) is 6.18. The Morgan fingerprint density at radius 1 is 1.46 bits per heavy atom. The molecule has 0 saturated heterocycles. The Labute approximate surface area is 76.4 Å². The summed E-state index contributed by atoms with van der Waals surface area (Å²) in [5.41, 5.74) is 7.68. The number of rotatable bonds is 1. The van der Waals surface area contributed by atoms with Crippen LogP contribution >= 0.6 is 0 Å². The van der Waals surface area contributed by atoms with Crippen molar-refractivity contribution in [3.05, 3.63) is 24.0 Å². The predicted molar refractivity (Wildman–Crippen MR) is 51.1 cm³/mol. The van der Waals surface area contributed by atoms with Gasteiger partial charge in [-0.1, -0.05) is 0 Å². The average molecular weight is 176 g/mol. The molecule has 4 heteroatoms. The average Bonchev–Trinajstić information content (AvgIpc) is 2.47. The zero-order valence-corrected chi connectivity index (χ0v) is 7.73. The maximum atomic E-state index is 5.74. The van der Waals surface area contributed by atoms with Crippen molar-refractivity contribution < 1.29 is 0 Å². The van der Waals surface area contributed by atoms with Gasteiger partial charge in [0.15, 0.2) is 5.65 Å². The third kappa shape index (κ3) is 1.29. The largest absolute Gasteiger partial charge is 0.324 e. The molecule has 2 aromatic rings. The third-order valence-electron chi connectivity index (χ3n) is 2.12. The van der Waals surface area contributed by atoms with E-state index in [1.54, 1.807) is 17.1 Å². The predicted octanol–water partition coefficient (Wildman–Crippen LogP) is 0.988. The fraction of sp³-hybridized carbons (Fsp3) is 0.333. The van der Waals surface area contributed by atoms with Crippen LogP contribution in [0.2, 0.25) is 0 Å². The Kier molecular flexibility index (Phi) is 1.77. The molecule has 0 radical (unpaired) electrons. The summed E-state index contributed by atoms with van der Waals surface area (Å²) in [5.74, 6) is 0. The normalized spacial score (nSPS) is 13.5. The maximum Gasteiger partial charge on any atom is 0.157 e. The fourth-order valence-corrected chi connectivity index (χ4v) is 1.31. The molecule has 2 aromatic heterocycles. The van der Waals surface area contributed by atoms with Gasteiger partial charge in [-0.3, -0.25) is 4.68 Å². The van der Waals surface area contributed by atoms with E-state index in [9.17, 15) is 0 Å². The van der Waals surface area contributed by atoms with Gasteiger partial charge < -0.3 is 5.73 Å². The van der Waals surface area contributed by atoms with E-state index in [2.05, 4.69) is 10.1 Å². The standard InChI is InChI=1S/C9H12N4/c1-6(10)7-3-8-5-12-13(2)9(8)11-4-7/h3-6H,10H2,1-2H3/t6-/m1/s1. The van der Waals surface area contributed by atoms with Gasteiger partial charge in [0.25, 0.3) is 0 Å². The van der Waals surface area contributed by atoms with Crippen LogP contribution in [-0.4, -0.2) is 14.8 Å². The van der Waals surface area contributed by atoms with Crippen molar-refractivity contribution in [1.82, 2.24) is 14.8 Å². The van der Waals surface area contributed by atoms with Crippen LogP contribution in [0.25, 0.3) is 11.0 Å². The van der Waals surface area contributed by atoms with Gasteiger partial charge in [0.1, 0.15) is 0 Å². The van der Waals surface area contributed by atoms with Crippen LogP contribution < -0.4 is 5.73 Å². The number of fused-ring (bicyclic) bond motifs is 1. The molecule has 0 bridgehead atoms. The molecule has 0 unspecified atom stereocenters. The summed E-state index contributed by atoms with van der Waals surface area (Å²) in [7, 11) is 1.88. The molecule has 0 spiro atoms. The minimum atomic E-state index is 0.0251. The molecular formula is C9H12N4. The van der Waals surface area contributed by atoms with E-state index >= 15 is 0 Å². The van der Waals surface area contributed by atoms with Crippen molar-refractivity contribution in [2.75, 3.05) is 0 Å². The Hall–Kier alpha value is -1.42. The molecule has 0 saturated carbocycles. The minimum Gasteiger partial charge on any atom is -0.324 e. The third-order valence-corrected chi connectivity index (χ3v) is 2.12. The first-order valence-corrected chi connectivity index (χ1v) is 4.21. The van der Waals surface area contributed by atoms with E-state index in [4.69, 9.17) is 5.73 Å². The molecule has 2 rings (SSSR count). The minimum absolute atomic E-state index is 0.0251. The van der Waals surface area contributed by atoms with E-state index in [0.29, 0.717) is 0 Å². The Morgan fingerprint density at radius 2 is 2.23 bits per heavy atom. The van der Waals surface area contributed by atoms with Crippen LogP contribution in [0, 0.1) is 0 Å². The lowest BCUT2D eigenvalue weighted by atomic mass is 10.1. The molecule has 0 aromatic carbocycles. The number of hydrogen-bond acceptors (Lipinski definition) is 3. The highest BCUT2D eigenvalue weighted by Gasteiger charge is 2.04. The fourth-order valence-electron chi connectivity index (χ4n) is 1.31. The Balaban J connectivity index is 2.63. The zero-order valence-electron chi connectivity index (χ0n) is 7.73. The lowest BCUT2D eigenvalue weighted by Crippen LogP contribution is -2.05. The maximum absolute atomic E-state index is 5.74. The van der Waals surface area contributed by atoms with E-state index < -0.39 is 0 Å². The summed E-state index contributed by atoms with van der Waals surface area (Å²) in [6, 6.07) is 2.05. The molecule has 13 heavy (non-hydrogen) atoms. The number of aryl methyl sites for hydroxylation is 1. The van der Waals surface area contributed by atoms with Crippen LogP contribution in [0.1, 0.15) is 18.5 Å². The molecule has 2 N–H and O–H groups in total. The number of pyridine rings is 1. The lowest BCUT2D eigenvalue weighted by molar-refractivity contribution is 0.782. The molecule has 1 atom stereocenters. The number of hydrogen-bond donors (Lipinski definition) is 1. The van der Waals surface area contributed by atoms with Crippen molar-refractivity contribution in [2.45, 2.75) is 13.0 Å². The molecule has 0 aliphatic carbocycles. The Bertz CT molecular complexity index is 430. The highest BCUT2D eigenvalue weighted by Crippen LogP contribution is 2.15. The van der Waals surface area contributed by atoms with Crippen molar-refractivity contribution in [3.63, 3.8) is 0 Å². The number of nitrogens with two attached hydrogens (primary N) is 1. The molecule has 0 amide bonds. The van der Waals surface area contributed by atoms with Gasteiger partial charge in [-0.25, -0.2) is 4.98 Å². The van der Waals surface area contributed by atoms with Crippen molar-refractivity contribution >= 4 is 11.0 Å². The molecule has 0 fully saturated rings. The first-order valence-electron chi connectivity index (χ1n) is 4.21. The quantitative estimate of drug-likeness (QED) is 0.704. The van der Waals surface area contributed by atoms with Gasteiger partial charge in [-0.05, 0) is 18.6 Å². The highest BCUT2D eigenvalue weighted by molar-refractivity contribution is 5.74. The van der Waals surface area contributed by atoms with Crippen molar-refractivity contribution in [2.24, 2.45) is 12.8 Å². The Morgan fingerprint density at radius 3 is 2.92 bits per heavy atom. The molecule has 4 nitrogen and oxygen atoms in total. The van der Waals surface area contributed by atoms with E-state index in [-0.39, 0.29) is 6.04 Å². The van der Waals surface area contributed by atoms with Gasteiger partial charge in [-0.15, -0.1) is 0 Å². The van der Waals surface area contributed by atoms with Crippen molar-refractivity contribution in [3.8, 4) is 0 Å². The highest BCUT2D eigenvalue weighted by atomic mass is 15.3. The number of aromatic nitrogens is 3. The summed E-state index contributed by atoms with van der Waals surface area (Å²) in [4.78, 5) is 4.28. The second-order valence-electron chi connectivity index (χ2n) is 3.24. The molecule has 0 aliphatic rings. The van der Waals surface area contributed by atoms with Crippen LogP contribution in [0.3, 0.4) is 0 Å². The second-order valence-corrected chi connectivity index (χ2v) is 3.24. The summed E-state index contributed by atoms with van der Waals surface area (Å²) in [6.45, 7) is 1.94. The van der Waals surface area contributed by atoms with Crippen LogP contribution in [0.5, 0.6) is 0 Å². The van der Waals surface area contributed by atoms with Crippen LogP contribution in [-0.2, 0) is 7.05 Å². The van der Waals surface area contributed by atoms with Gasteiger partial charge >= 0.3 is 0 Å². The summed E-state index contributed by atoms with van der Waals surface area (Å²) >= 11 is 0. The second kappa shape index (κ2) is 2.81. The summed E-state index contributed by atoms with van der Waals surface area (Å²) < 4.78 is 1.75. The van der Waals surface area contributed by atoms with Gasteiger partial charge in [-0.2, -0.15) is 5.10 Å². The van der Waals surface area contributed by atoms with Crippen molar-refractivity contribution in [1.29, 1.82) is 0 Å². The lowest BCUT2D eigenvalue weighted by Gasteiger charge is -2.03. The van der Waals surface area contributed by atoms with E-state index in [1.807, 2.05) is 20.0 Å². The van der Waals surface area contributed by atoms with Gasteiger partial charge in [0, 0.05) is 24.7 Å². The van der Waals surface area contributed by atoms with Crippen LogP contribution in [0.4, 0.5) is 0 Å². The van der Waals surface area contributed by atoms with Gasteiger partial charge in [0.05, 0.1) is 6.20 Å². The van der Waals surface area contributed by atoms with E-state index in [1.165, 1.54) is 0 Å². The number of nitrogens with zero attached hydrogens (tertiary/aromatic N) is 3. The SMILES string of the molecule is C[C@@H](N)c1cnc2c(cnn2C)c1. The summed E-state index contributed by atoms with van der Waals surface area (Å²) in [6.07, 6.45) is 3.60. The zero-order chi connectivity index (χ0) is 9.42. The smallest absolute Gasteiger partial charge is 0.157 e. The molecule has 68 valence electrons. The van der Waals surface area contributed by atoms with Gasteiger partial charge in [0.2, 0.25) is 0 Å². The van der Waals surface area contributed by atoms with E-state index in [0.717, 1.165) is 16.6 Å². The monoisotopic (exact) mass is 176 g/mol.